The van der Waals surface area contributed by atoms with Gasteiger partial charge in [0.2, 0.25) is 5.91 Å². The molecule has 5 rings (SSSR count). The number of carbonyl (C=O) groups excluding carboxylic acids is 1. The van der Waals surface area contributed by atoms with Crippen LogP contribution in [-0.4, -0.2) is 76.0 Å². The van der Waals surface area contributed by atoms with Gasteiger partial charge in [0.25, 0.3) is 0 Å². The molecule has 0 radical (unpaired) electrons. The summed E-state index contributed by atoms with van der Waals surface area (Å²) in [5, 5.41) is 16.5. The number of aliphatic hydroxyl groups excluding tert-OH is 1. The number of benzene rings is 2. The van der Waals surface area contributed by atoms with Crippen LogP contribution in [0.3, 0.4) is 0 Å². The van der Waals surface area contributed by atoms with E-state index in [-0.39, 0.29) is 11.7 Å². The van der Waals surface area contributed by atoms with Crippen molar-refractivity contribution in [2.24, 2.45) is 0 Å². The number of aliphatic hydroxyl groups is 1. The molecule has 36 heavy (non-hydrogen) atoms. The Morgan fingerprint density at radius 2 is 1.78 bits per heavy atom. The minimum absolute atomic E-state index is 0.0463. The van der Waals surface area contributed by atoms with E-state index in [1.54, 1.807) is 13.0 Å². The Morgan fingerprint density at radius 3 is 2.47 bits per heavy atom. The molecule has 7 nitrogen and oxygen atoms in total. The van der Waals surface area contributed by atoms with Gasteiger partial charge in [0.15, 0.2) is 0 Å². The first-order valence-electron chi connectivity index (χ1n) is 12.4. The van der Waals surface area contributed by atoms with E-state index in [1.807, 2.05) is 46.0 Å². The number of piperazine rings is 1. The molecular weight excluding hydrogens is 481 g/mol. The standard InChI is InChI=1S/C27H31ClFN5O2/c1-19(35)33-11-10-25-23(18-33)27(20-6-8-21(28)9-7-20)30-34(25)17-22(36)16-31-12-14-32(15-13-31)26-5-3-2-4-24(26)29/h2-9,22,36H,10-18H2,1H3. The van der Waals surface area contributed by atoms with Crippen molar-refractivity contribution < 1.29 is 14.3 Å². The van der Waals surface area contributed by atoms with Crippen molar-refractivity contribution in [2.75, 3.05) is 44.2 Å². The van der Waals surface area contributed by atoms with Gasteiger partial charge in [-0.3, -0.25) is 14.4 Å². The van der Waals surface area contributed by atoms with Crippen LogP contribution >= 0.6 is 11.6 Å². The lowest BCUT2D eigenvalue weighted by Gasteiger charge is -2.37. The summed E-state index contributed by atoms with van der Waals surface area (Å²) in [5.74, 6) is -0.153. The van der Waals surface area contributed by atoms with Gasteiger partial charge >= 0.3 is 0 Å². The van der Waals surface area contributed by atoms with Crippen molar-refractivity contribution in [1.82, 2.24) is 19.6 Å². The first-order valence-corrected chi connectivity index (χ1v) is 12.8. The zero-order valence-electron chi connectivity index (χ0n) is 20.4. The van der Waals surface area contributed by atoms with Gasteiger partial charge in [0, 0.05) is 81.0 Å². The van der Waals surface area contributed by atoms with Gasteiger partial charge in [-0.15, -0.1) is 0 Å². The van der Waals surface area contributed by atoms with Gasteiger partial charge in [-0.25, -0.2) is 4.39 Å². The Kier molecular flexibility index (Phi) is 7.27. The molecule has 1 aromatic heterocycles. The molecule has 2 aliphatic heterocycles. The maximum atomic E-state index is 14.1. The van der Waals surface area contributed by atoms with E-state index in [0.717, 1.165) is 35.6 Å². The van der Waals surface area contributed by atoms with Crippen molar-refractivity contribution in [3.05, 3.63) is 70.6 Å². The van der Waals surface area contributed by atoms with Crippen molar-refractivity contribution in [3.8, 4) is 11.3 Å². The highest BCUT2D eigenvalue weighted by atomic mass is 35.5. The fourth-order valence-electron chi connectivity index (χ4n) is 5.19. The monoisotopic (exact) mass is 511 g/mol. The van der Waals surface area contributed by atoms with E-state index in [9.17, 15) is 14.3 Å². The van der Waals surface area contributed by atoms with Crippen LogP contribution < -0.4 is 4.90 Å². The number of aromatic nitrogens is 2. The molecule has 190 valence electrons. The van der Waals surface area contributed by atoms with Crippen LogP contribution in [0.25, 0.3) is 11.3 Å². The zero-order valence-corrected chi connectivity index (χ0v) is 21.2. The molecule has 0 aliphatic carbocycles. The molecule has 3 heterocycles. The molecule has 1 fully saturated rings. The highest BCUT2D eigenvalue weighted by molar-refractivity contribution is 6.30. The van der Waals surface area contributed by atoms with Gasteiger partial charge in [0.05, 0.1) is 24.0 Å². The predicted octanol–water partition coefficient (Wildman–Crippen LogP) is 3.43. The Balaban J connectivity index is 1.27. The second-order valence-electron chi connectivity index (χ2n) is 9.55. The highest BCUT2D eigenvalue weighted by Crippen LogP contribution is 2.31. The number of amides is 1. The van der Waals surface area contributed by atoms with Crippen LogP contribution in [0.15, 0.2) is 48.5 Å². The molecule has 1 atom stereocenters. The minimum Gasteiger partial charge on any atom is -0.390 e. The van der Waals surface area contributed by atoms with Crippen LogP contribution in [0.5, 0.6) is 0 Å². The normalized spacial score (nSPS) is 17.2. The van der Waals surface area contributed by atoms with E-state index in [1.165, 1.54) is 6.07 Å². The molecule has 1 N–H and O–H groups in total. The third-order valence-corrected chi connectivity index (χ3v) is 7.37. The molecule has 2 aromatic carbocycles. The maximum absolute atomic E-state index is 14.1. The average Bonchev–Trinajstić information content (AvgIpc) is 3.22. The Labute approximate surface area is 215 Å². The fourth-order valence-corrected chi connectivity index (χ4v) is 5.31. The second kappa shape index (κ2) is 10.6. The van der Waals surface area contributed by atoms with Crippen LogP contribution in [0, 0.1) is 5.82 Å². The van der Waals surface area contributed by atoms with Crippen molar-refractivity contribution in [3.63, 3.8) is 0 Å². The number of β-amino-alcohol motifs (C(OH)–C–C–N with tert-alkyl or cyclic N) is 1. The first kappa shape index (κ1) is 24.7. The van der Waals surface area contributed by atoms with E-state index < -0.39 is 6.10 Å². The molecule has 0 saturated carbocycles. The topological polar surface area (TPSA) is 64.8 Å². The molecule has 3 aromatic rings. The van der Waals surface area contributed by atoms with E-state index >= 15 is 0 Å². The lowest BCUT2D eigenvalue weighted by atomic mass is 10.0. The third kappa shape index (κ3) is 5.26. The summed E-state index contributed by atoms with van der Waals surface area (Å²) in [4.78, 5) is 18.2. The quantitative estimate of drug-likeness (QED) is 0.549. The van der Waals surface area contributed by atoms with Gasteiger partial charge in [-0.2, -0.15) is 5.10 Å². The fraction of sp³-hybridized carbons (Fsp3) is 0.407. The number of anilines is 1. The lowest BCUT2D eigenvalue weighted by molar-refractivity contribution is -0.129. The Hall–Kier alpha value is -2.94. The highest BCUT2D eigenvalue weighted by Gasteiger charge is 2.28. The summed E-state index contributed by atoms with van der Waals surface area (Å²) in [6, 6.07) is 14.4. The summed E-state index contributed by atoms with van der Waals surface area (Å²) in [5.41, 5.74) is 4.51. The predicted molar refractivity (Wildman–Crippen MR) is 139 cm³/mol. The molecule has 9 heteroatoms. The van der Waals surface area contributed by atoms with Crippen LogP contribution in [-0.2, 0) is 24.3 Å². The number of fused-ring (bicyclic) bond motifs is 1. The zero-order chi connectivity index (χ0) is 25.2. The minimum atomic E-state index is -0.599. The number of rotatable bonds is 6. The number of carbonyl (C=O) groups is 1. The largest absolute Gasteiger partial charge is 0.390 e. The lowest BCUT2D eigenvalue weighted by Crippen LogP contribution is -2.49. The van der Waals surface area contributed by atoms with Gasteiger partial charge in [0.1, 0.15) is 5.82 Å². The van der Waals surface area contributed by atoms with E-state index in [4.69, 9.17) is 16.7 Å². The molecule has 1 unspecified atom stereocenters. The number of para-hydroxylation sites is 1. The average molecular weight is 512 g/mol. The summed E-state index contributed by atoms with van der Waals surface area (Å²) < 4.78 is 16.1. The summed E-state index contributed by atoms with van der Waals surface area (Å²) in [6.07, 6.45) is 0.0988. The number of nitrogens with zero attached hydrogens (tertiary/aromatic N) is 5. The van der Waals surface area contributed by atoms with Crippen molar-refractivity contribution in [2.45, 2.75) is 32.5 Å². The van der Waals surface area contributed by atoms with Crippen molar-refractivity contribution in [1.29, 1.82) is 0 Å². The smallest absolute Gasteiger partial charge is 0.219 e. The Morgan fingerprint density at radius 1 is 1.06 bits per heavy atom. The van der Waals surface area contributed by atoms with Gasteiger partial charge in [-0.1, -0.05) is 35.9 Å². The number of hydrogen-bond donors (Lipinski definition) is 1. The summed E-state index contributed by atoms with van der Waals surface area (Å²) in [7, 11) is 0. The van der Waals surface area contributed by atoms with Crippen LogP contribution in [0.4, 0.5) is 10.1 Å². The second-order valence-corrected chi connectivity index (χ2v) is 9.98. The summed E-state index contributed by atoms with van der Waals surface area (Å²) in [6.45, 7) is 6.59. The molecule has 2 aliphatic rings. The molecule has 1 amide bonds. The number of hydrogen-bond acceptors (Lipinski definition) is 5. The third-order valence-electron chi connectivity index (χ3n) is 7.12. The molecule has 1 saturated heterocycles. The number of halogens is 2. The molecular formula is C27H31ClFN5O2. The van der Waals surface area contributed by atoms with Crippen LogP contribution in [0.1, 0.15) is 18.2 Å². The Bertz CT molecular complexity index is 1220. The molecule has 0 spiro atoms. The van der Waals surface area contributed by atoms with E-state index in [2.05, 4.69) is 9.80 Å². The first-order chi connectivity index (χ1) is 17.4. The maximum Gasteiger partial charge on any atom is 0.219 e. The van der Waals surface area contributed by atoms with Crippen molar-refractivity contribution >= 4 is 23.2 Å². The van der Waals surface area contributed by atoms with Crippen LogP contribution in [0.2, 0.25) is 5.02 Å². The van der Waals surface area contributed by atoms with Gasteiger partial charge < -0.3 is 14.9 Å². The molecule has 0 bridgehead atoms. The van der Waals surface area contributed by atoms with E-state index in [0.29, 0.717) is 56.4 Å². The summed E-state index contributed by atoms with van der Waals surface area (Å²) >= 11 is 6.09. The SMILES string of the molecule is CC(=O)N1CCc2c(c(-c3ccc(Cl)cc3)nn2CC(O)CN2CCN(c3ccccc3F)CC2)C1. The van der Waals surface area contributed by atoms with Gasteiger partial charge in [-0.05, 0) is 24.3 Å².